The number of carbonyl (C=O) groups excluding carboxylic acids is 4. The van der Waals surface area contributed by atoms with E-state index >= 15 is 0 Å². The maximum absolute atomic E-state index is 12.8. The number of hydrogen-bond acceptors (Lipinski definition) is 12. The predicted molar refractivity (Wildman–Crippen MR) is 153 cm³/mol. The zero-order valence-corrected chi connectivity index (χ0v) is 24.1. The van der Waals surface area contributed by atoms with E-state index in [9.17, 15) is 19.2 Å². The molecule has 0 spiro atoms. The van der Waals surface area contributed by atoms with Crippen molar-refractivity contribution in [3.63, 3.8) is 0 Å². The summed E-state index contributed by atoms with van der Waals surface area (Å²) in [6.45, 7) is 7.95. The number of ether oxygens (including phenoxy) is 8. The van der Waals surface area contributed by atoms with Gasteiger partial charge in [-0.2, -0.15) is 0 Å². The van der Waals surface area contributed by atoms with Crippen LogP contribution in [0.4, 0.5) is 0 Å². The SMILES string of the molecule is C=CC(=O)OCCCOc1ccc(C(=O)O[C@@H]2CO[C@H]3[C@@H]2OC[C@H]3OC(=O)c2ccc(OCCCOC(=O)C=C)cc2)cc1. The van der Waals surface area contributed by atoms with Crippen LogP contribution in [0.2, 0.25) is 0 Å². The second kappa shape index (κ2) is 16.2. The normalized spacial score (nSPS) is 20.1. The Balaban J connectivity index is 1.18. The molecule has 2 aliphatic heterocycles. The Morgan fingerprint density at radius 3 is 1.39 bits per heavy atom. The summed E-state index contributed by atoms with van der Waals surface area (Å²) in [4.78, 5) is 47.6. The van der Waals surface area contributed by atoms with Gasteiger partial charge in [0.1, 0.15) is 23.7 Å². The Morgan fingerprint density at radius 2 is 1.02 bits per heavy atom. The lowest BCUT2D eigenvalue weighted by Crippen LogP contribution is -2.36. The van der Waals surface area contributed by atoms with Gasteiger partial charge in [-0.1, -0.05) is 13.2 Å². The monoisotopic (exact) mass is 610 g/mol. The highest BCUT2D eigenvalue weighted by Crippen LogP contribution is 2.31. The molecule has 4 rings (SSSR count). The van der Waals surface area contributed by atoms with Gasteiger partial charge in [0.25, 0.3) is 0 Å². The highest BCUT2D eigenvalue weighted by molar-refractivity contribution is 5.90. The van der Waals surface area contributed by atoms with Gasteiger partial charge in [0, 0.05) is 25.0 Å². The van der Waals surface area contributed by atoms with Gasteiger partial charge < -0.3 is 37.9 Å². The molecular weight excluding hydrogens is 576 g/mol. The molecule has 2 heterocycles. The van der Waals surface area contributed by atoms with E-state index in [-0.39, 0.29) is 26.4 Å². The largest absolute Gasteiger partial charge is 0.493 e. The van der Waals surface area contributed by atoms with E-state index in [2.05, 4.69) is 13.2 Å². The van der Waals surface area contributed by atoms with Crippen molar-refractivity contribution in [2.75, 3.05) is 39.6 Å². The molecule has 44 heavy (non-hydrogen) atoms. The number of benzene rings is 2. The van der Waals surface area contributed by atoms with E-state index in [0.717, 1.165) is 12.2 Å². The van der Waals surface area contributed by atoms with Crippen LogP contribution in [-0.2, 0) is 38.0 Å². The minimum atomic E-state index is -0.665. The molecule has 0 bridgehead atoms. The van der Waals surface area contributed by atoms with Crippen molar-refractivity contribution in [3.8, 4) is 11.5 Å². The van der Waals surface area contributed by atoms with E-state index < -0.39 is 48.3 Å². The second-order valence-electron chi connectivity index (χ2n) is 9.68. The fraction of sp³-hybridized carbons (Fsp3) is 0.375. The molecule has 2 aliphatic rings. The molecule has 2 fully saturated rings. The van der Waals surface area contributed by atoms with Crippen molar-refractivity contribution in [1.29, 1.82) is 0 Å². The van der Waals surface area contributed by atoms with E-state index in [1.807, 2.05) is 0 Å². The van der Waals surface area contributed by atoms with E-state index in [0.29, 0.717) is 48.7 Å². The Labute approximate surface area is 254 Å². The van der Waals surface area contributed by atoms with Gasteiger partial charge in [-0.25, -0.2) is 19.2 Å². The van der Waals surface area contributed by atoms with Crippen LogP contribution in [0.15, 0.2) is 73.8 Å². The highest BCUT2D eigenvalue weighted by atomic mass is 16.7. The van der Waals surface area contributed by atoms with Gasteiger partial charge in [-0.15, -0.1) is 0 Å². The van der Waals surface area contributed by atoms with E-state index in [1.54, 1.807) is 48.5 Å². The summed E-state index contributed by atoms with van der Waals surface area (Å²) >= 11 is 0. The van der Waals surface area contributed by atoms with Crippen LogP contribution < -0.4 is 9.47 Å². The second-order valence-corrected chi connectivity index (χ2v) is 9.68. The number of rotatable bonds is 16. The first-order valence-corrected chi connectivity index (χ1v) is 14.1. The fourth-order valence-corrected chi connectivity index (χ4v) is 4.38. The fourth-order valence-electron chi connectivity index (χ4n) is 4.38. The molecule has 2 saturated heterocycles. The van der Waals surface area contributed by atoms with Crippen LogP contribution in [0.25, 0.3) is 0 Å². The van der Waals surface area contributed by atoms with Crippen LogP contribution >= 0.6 is 0 Å². The Morgan fingerprint density at radius 1 is 0.636 bits per heavy atom. The molecule has 0 aliphatic carbocycles. The van der Waals surface area contributed by atoms with Gasteiger partial charge in [-0.3, -0.25) is 0 Å². The number of carbonyl (C=O) groups is 4. The molecule has 12 nitrogen and oxygen atoms in total. The standard InChI is InChI=1S/C32H34O12/c1-3-27(33)39-17-5-15-37-23-11-7-21(8-12-23)31(35)43-25-19-41-30-26(20-42-29(25)30)44-32(36)22-9-13-24(14-10-22)38-16-6-18-40-28(34)4-2/h3-4,7-14,25-26,29-30H,1-2,5-6,15-20H2/t25-,26-,29-,30-/m1/s1. The van der Waals surface area contributed by atoms with Crippen molar-refractivity contribution in [2.24, 2.45) is 0 Å². The molecular formula is C32H34O12. The van der Waals surface area contributed by atoms with Crippen LogP contribution in [0.5, 0.6) is 11.5 Å². The third-order valence-electron chi connectivity index (χ3n) is 6.60. The van der Waals surface area contributed by atoms with Crippen LogP contribution in [0.1, 0.15) is 33.6 Å². The first-order chi connectivity index (χ1) is 21.4. The summed E-state index contributed by atoms with van der Waals surface area (Å²) in [5.41, 5.74) is 0.649. The molecule has 0 unspecified atom stereocenters. The van der Waals surface area contributed by atoms with Crippen molar-refractivity contribution < 1.29 is 57.1 Å². The number of hydrogen-bond donors (Lipinski definition) is 0. The van der Waals surface area contributed by atoms with Crippen LogP contribution in [0.3, 0.4) is 0 Å². The van der Waals surface area contributed by atoms with Crippen molar-refractivity contribution in [2.45, 2.75) is 37.3 Å². The Kier molecular flexibility index (Phi) is 11.9. The summed E-state index contributed by atoms with van der Waals surface area (Å²) in [6.07, 6.45) is 0.729. The molecule has 4 atom stereocenters. The minimum Gasteiger partial charge on any atom is -0.493 e. The maximum atomic E-state index is 12.8. The van der Waals surface area contributed by atoms with Crippen molar-refractivity contribution in [1.82, 2.24) is 0 Å². The molecule has 12 heteroatoms. The van der Waals surface area contributed by atoms with Crippen LogP contribution in [0, 0.1) is 0 Å². The molecule has 0 aromatic heterocycles. The zero-order chi connectivity index (χ0) is 31.3. The van der Waals surface area contributed by atoms with Gasteiger partial charge >= 0.3 is 23.9 Å². The van der Waals surface area contributed by atoms with Crippen LogP contribution in [-0.4, -0.2) is 87.9 Å². The minimum absolute atomic E-state index is 0.103. The topological polar surface area (TPSA) is 142 Å². The molecule has 0 radical (unpaired) electrons. The molecule has 2 aromatic rings. The van der Waals surface area contributed by atoms with E-state index in [4.69, 9.17) is 37.9 Å². The highest BCUT2D eigenvalue weighted by Gasteiger charge is 2.51. The lowest BCUT2D eigenvalue weighted by Gasteiger charge is -2.17. The number of fused-ring (bicyclic) bond motifs is 1. The molecule has 0 amide bonds. The summed E-state index contributed by atoms with van der Waals surface area (Å²) in [5, 5.41) is 0. The quantitative estimate of drug-likeness (QED) is 0.119. The van der Waals surface area contributed by atoms with Gasteiger partial charge in [0.05, 0.1) is 50.8 Å². The van der Waals surface area contributed by atoms with Crippen molar-refractivity contribution >= 4 is 23.9 Å². The number of esters is 4. The summed E-state index contributed by atoms with van der Waals surface area (Å²) < 4.78 is 43.8. The van der Waals surface area contributed by atoms with Gasteiger partial charge in [0.15, 0.2) is 12.2 Å². The average molecular weight is 611 g/mol. The molecule has 2 aromatic carbocycles. The lowest BCUT2D eigenvalue weighted by molar-refractivity contribution is -0.138. The molecule has 0 saturated carbocycles. The summed E-state index contributed by atoms with van der Waals surface area (Å²) in [6, 6.07) is 12.9. The third-order valence-corrected chi connectivity index (χ3v) is 6.60. The summed E-state index contributed by atoms with van der Waals surface area (Å²) in [7, 11) is 0. The van der Waals surface area contributed by atoms with E-state index in [1.165, 1.54) is 0 Å². The zero-order valence-electron chi connectivity index (χ0n) is 24.1. The molecule has 234 valence electrons. The Hall–Kier alpha value is -4.68. The predicted octanol–water partition coefficient (Wildman–Crippen LogP) is 3.23. The van der Waals surface area contributed by atoms with Gasteiger partial charge in [0.2, 0.25) is 0 Å². The average Bonchev–Trinajstić information content (AvgIpc) is 3.63. The smallest absolute Gasteiger partial charge is 0.338 e. The van der Waals surface area contributed by atoms with Gasteiger partial charge in [-0.05, 0) is 48.5 Å². The first-order valence-electron chi connectivity index (χ1n) is 14.1. The Bertz CT molecular complexity index is 1200. The molecule has 0 N–H and O–H groups in total. The maximum Gasteiger partial charge on any atom is 0.338 e. The summed E-state index contributed by atoms with van der Waals surface area (Å²) in [5.74, 6) is -0.969. The lowest BCUT2D eigenvalue weighted by atomic mass is 10.1. The third kappa shape index (κ3) is 9.16. The first kappa shape index (κ1) is 32.2. The van der Waals surface area contributed by atoms with Crippen molar-refractivity contribution in [3.05, 3.63) is 85.0 Å².